The number of carbonyl (C=O) groups is 2. The van der Waals surface area contributed by atoms with Crippen molar-refractivity contribution in [2.45, 2.75) is 51.6 Å². The Bertz CT molecular complexity index is 346. The van der Waals surface area contributed by atoms with E-state index in [2.05, 4.69) is 16.1 Å². The second-order valence-electron chi connectivity index (χ2n) is 4.89. The van der Waals surface area contributed by atoms with Gasteiger partial charge in [0.05, 0.1) is 12.6 Å². The van der Waals surface area contributed by atoms with E-state index in [-0.39, 0.29) is 30.3 Å². The van der Waals surface area contributed by atoms with Crippen molar-refractivity contribution in [3.63, 3.8) is 0 Å². The first-order valence-corrected chi connectivity index (χ1v) is 6.52. The van der Waals surface area contributed by atoms with Crippen molar-refractivity contribution in [1.82, 2.24) is 10.2 Å². The van der Waals surface area contributed by atoms with E-state index in [1.54, 1.807) is 6.92 Å². The van der Waals surface area contributed by atoms with Gasteiger partial charge in [0.25, 0.3) is 0 Å². The van der Waals surface area contributed by atoms with Gasteiger partial charge < -0.3 is 5.32 Å². The molecule has 1 heterocycles. The molecule has 1 rings (SSSR count). The maximum Gasteiger partial charge on any atom is 0.237 e. The lowest BCUT2D eigenvalue weighted by atomic mass is 9.96. The van der Waals surface area contributed by atoms with Crippen molar-refractivity contribution in [2.75, 3.05) is 13.1 Å². The molecule has 1 fully saturated rings. The number of likely N-dealkylation sites (tertiary alicyclic amines) is 1. The zero-order valence-corrected chi connectivity index (χ0v) is 11.2. The fraction of sp³-hybridized carbons (Fsp3) is 0.714. The highest BCUT2D eigenvalue weighted by molar-refractivity contribution is 5.82. The number of hydrogen-bond acceptors (Lipinski definition) is 3. The van der Waals surface area contributed by atoms with E-state index in [1.807, 2.05) is 6.92 Å². The van der Waals surface area contributed by atoms with E-state index in [1.165, 1.54) is 0 Å². The molecular formula is C14H22N2O2. The molecule has 0 spiro atoms. The number of amides is 1. The van der Waals surface area contributed by atoms with Gasteiger partial charge >= 0.3 is 0 Å². The minimum atomic E-state index is -0.219. The molecule has 1 aliphatic heterocycles. The van der Waals surface area contributed by atoms with Crippen molar-refractivity contribution in [1.29, 1.82) is 0 Å². The largest absolute Gasteiger partial charge is 0.344 e. The van der Waals surface area contributed by atoms with E-state index in [0.717, 1.165) is 25.8 Å². The summed E-state index contributed by atoms with van der Waals surface area (Å²) < 4.78 is 0. The Morgan fingerprint density at radius 2 is 2.22 bits per heavy atom. The van der Waals surface area contributed by atoms with Gasteiger partial charge in [-0.05, 0) is 33.2 Å². The average Bonchev–Trinajstić information content (AvgIpc) is 2.35. The normalized spacial score (nSPS) is 21.9. The van der Waals surface area contributed by atoms with Crippen LogP contribution in [0.1, 0.15) is 39.5 Å². The van der Waals surface area contributed by atoms with Gasteiger partial charge in [0.1, 0.15) is 5.78 Å². The number of nitrogens with one attached hydrogen (secondary N) is 1. The van der Waals surface area contributed by atoms with Gasteiger partial charge in [0, 0.05) is 12.5 Å². The Hall–Kier alpha value is -1.34. The van der Waals surface area contributed by atoms with Gasteiger partial charge in [-0.1, -0.05) is 12.3 Å². The van der Waals surface area contributed by atoms with Crippen LogP contribution in [-0.4, -0.2) is 41.8 Å². The number of hydrogen-bond donors (Lipinski definition) is 1. The molecule has 0 saturated carbocycles. The number of nitrogens with zero attached hydrogens (tertiary/aromatic N) is 1. The van der Waals surface area contributed by atoms with Crippen LogP contribution in [0.2, 0.25) is 0 Å². The monoisotopic (exact) mass is 250 g/mol. The third-order valence-electron chi connectivity index (χ3n) is 3.44. The molecule has 1 aliphatic rings. The lowest BCUT2D eigenvalue weighted by Gasteiger charge is -2.38. The molecule has 2 atom stereocenters. The fourth-order valence-corrected chi connectivity index (χ4v) is 2.52. The zero-order chi connectivity index (χ0) is 13.5. The standard InChI is InChI=1S/C14H22N2O2/c1-4-8-15-14(18)12(3)16-9-6-5-7-13(16)10-11(2)17/h1,12-13H,5-10H2,2-3H3,(H,15,18). The molecule has 0 bridgehead atoms. The summed E-state index contributed by atoms with van der Waals surface area (Å²) in [7, 11) is 0. The second kappa shape index (κ2) is 7.17. The number of carbonyl (C=O) groups excluding carboxylic acids is 2. The smallest absolute Gasteiger partial charge is 0.237 e. The van der Waals surface area contributed by atoms with Crippen molar-refractivity contribution >= 4 is 11.7 Å². The van der Waals surface area contributed by atoms with Crippen LogP contribution in [0, 0.1) is 12.3 Å². The summed E-state index contributed by atoms with van der Waals surface area (Å²) in [5, 5.41) is 2.70. The number of piperidine rings is 1. The van der Waals surface area contributed by atoms with Crippen molar-refractivity contribution in [3.8, 4) is 12.3 Å². The highest BCUT2D eigenvalue weighted by Gasteiger charge is 2.30. The summed E-state index contributed by atoms with van der Waals surface area (Å²) in [6.45, 7) is 4.62. The van der Waals surface area contributed by atoms with Gasteiger partial charge in [-0.15, -0.1) is 6.42 Å². The van der Waals surface area contributed by atoms with E-state index in [9.17, 15) is 9.59 Å². The molecule has 4 nitrogen and oxygen atoms in total. The highest BCUT2D eigenvalue weighted by Crippen LogP contribution is 2.22. The molecule has 0 aromatic rings. The third kappa shape index (κ3) is 4.15. The molecule has 0 aromatic heterocycles. The topological polar surface area (TPSA) is 49.4 Å². The first-order valence-electron chi connectivity index (χ1n) is 6.52. The molecule has 1 saturated heterocycles. The van der Waals surface area contributed by atoms with Crippen molar-refractivity contribution in [3.05, 3.63) is 0 Å². The maximum absolute atomic E-state index is 11.9. The van der Waals surface area contributed by atoms with E-state index < -0.39 is 0 Å². The van der Waals surface area contributed by atoms with Gasteiger partial charge in [-0.25, -0.2) is 0 Å². The maximum atomic E-state index is 11.9. The summed E-state index contributed by atoms with van der Waals surface area (Å²) in [5.41, 5.74) is 0. The quantitative estimate of drug-likeness (QED) is 0.739. The van der Waals surface area contributed by atoms with E-state index in [0.29, 0.717) is 6.42 Å². The van der Waals surface area contributed by atoms with Gasteiger partial charge in [-0.2, -0.15) is 0 Å². The van der Waals surface area contributed by atoms with Crippen molar-refractivity contribution < 1.29 is 9.59 Å². The third-order valence-corrected chi connectivity index (χ3v) is 3.44. The molecule has 0 aliphatic carbocycles. The van der Waals surface area contributed by atoms with Gasteiger partial charge in [0.15, 0.2) is 0 Å². The molecule has 4 heteroatoms. The summed E-state index contributed by atoms with van der Waals surface area (Å²) in [6.07, 6.45) is 8.87. The molecule has 100 valence electrons. The van der Waals surface area contributed by atoms with E-state index in [4.69, 9.17) is 6.42 Å². The lowest BCUT2D eigenvalue weighted by molar-refractivity contribution is -0.128. The second-order valence-corrected chi connectivity index (χ2v) is 4.89. The number of terminal acetylenes is 1. The molecule has 18 heavy (non-hydrogen) atoms. The first kappa shape index (κ1) is 14.7. The molecule has 2 unspecified atom stereocenters. The number of ketones is 1. The number of Topliss-reactive ketones (excluding diaryl/α,β-unsaturated/α-hetero) is 1. The number of rotatable bonds is 5. The molecular weight excluding hydrogens is 228 g/mol. The van der Waals surface area contributed by atoms with Gasteiger partial charge in [0.2, 0.25) is 5.91 Å². The summed E-state index contributed by atoms with van der Waals surface area (Å²) >= 11 is 0. The average molecular weight is 250 g/mol. The predicted octanol–water partition coefficient (Wildman–Crippen LogP) is 0.958. The Morgan fingerprint density at radius 1 is 1.50 bits per heavy atom. The van der Waals surface area contributed by atoms with Crippen LogP contribution in [0.15, 0.2) is 0 Å². The molecule has 0 radical (unpaired) electrons. The first-order chi connectivity index (χ1) is 8.56. The summed E-state index contributed by atoms with van der Waals surface area (Å²) in [5.74, 6) is 2.53. The summed E-state index contributed by atoms with van der Waals surface area (Å²) in [6, 6.07) is -0.0224. The van der Waals surface area contributed by atoms with Crippen LogP contribution in [0.25, 0.3) is 0 Å². The van der Waals surface area contributed by atoms with Crippen LogP contribution < -0.4 is 5.32 Å². The van der Waals surface area contributed by atoms with Crippen LogP contribution in [-0.2, 0) is 9.59 Å². The lowest BCUT2D eigenvalue weighted by Crippen LogP contribution is -2.52. The zero-order valence-electron chi connectivity index (χ0n) is 11.2. The predicted molar refractivity (Wildman–Crippen MR) is 70.9 cm³/mol. The molecule has 1 N–H and O–H groups in total. The van der Waals surface area contributed by atoms with Crippen molar-refractivity contribution in [2.24, 2.45) is 0 Å². The van der Waals surface area contributed by atoms with Crippen LogP contribution in [0.5, 0.6) is 0 Å². The summed E-state index contributed by atoms with van der Waals surface area (Å²) in [4.78, 5) is 25.3. The Labute approximate surface area is 109 Å². The Balaban J connectivity index is 2.62. The van der Waals surface area contributed by atoms with Crippen LogP contribution >= 0.6 is 0 Å². The highest BCUT2D eigenvalue weighted by atomic mass is 16.2. The van der Waals surface area contributed by atoms with E-state index >= 15 is 0 Å². The van der Waals surface area contributed by atoms with Gasteiger partial charge in [-0.3, -0.25) is 14.5 Å². The Kier molecular flexibility index (Phi) is 5.87. The minimum absolute atomic E-state index is 0.0524. The van der Waals surface area contributed by atoms with Crippen LogP contribution in [0.4, 0.5) is 0 Å². The minimum Gasteiger partial charge on any atom is -0.344 e. The molecule has 1 amide bonds. The SMILES string of the molecule is C#CCNC(=O)C(C)N1CCCCC1CC(C)=O. The fourth-order valence-electron chi connectivity index (χ4n) is 2.52. The van der Waals surface area contributed by atoms with Crippen LogP contribution in [0.3, 0.4) is 0 Å². The molecule has 0 aromatic carbocycles. The Morgan fingerprint density at radius 3 is 2.83 bits per heavy atom.